The van der Waals surface area contributed by atoms with Crippen LogP contribution < -0.4 is 10.2 Å². The Bertz CT molecular complexity index is 405. The van der Waals surface area contributed by atoms with Crippen LogP contribution in [-0.4, -0.2) is 42.5 Å². The highest BCUT2D eigenvalue weighted by molar-refractivity contribution is 5.88. The van der Waals surface area contributed by atoms with Crippen LogP contribution in [-0.2, 0) is 4.74 Å². The molecule has 2 heterocycles. The van der Waals surface area contributed by atoms with E-state index in [-0.39, 0.29) is 13.2 Å². The lowest BCUT2D eigenvalue weighted by Crippen LogP contribution is -2.23. The maximum atomic E-state index is 11.4. The maximum Gasteiger partial charge on any atom is 0.411 e. The molecule has 0 spiro atoms. The number of pyridine rings is 1. The van der Waals surface area contributed by atoms with Gasteiger partial charge in [-0.1, -0.05) is 0 Å². The molecule has 1 aliphatic heterocycles. The van der Waals surface area contributed by atoms with E-state index in [4.69, 9.17) is 9.84 Å². The lowest BCUT2D eigenvalue weighted by molar-refractivity contribution is 0.131. The number of aliphatic hydroxyl groups excluding tert-OH is 1. The van der Waals surface area contributed by atoms with E-state index >= 15 is 0 Å². The minimum absolute atomic E-state index is 0.00879. The number of carbonyl (C=O) groups excluding carboxylic acids is 1. The highest BCUT2D eigenvalue weighted by Crippen LogP contribution is 2.25. The van der Waals surface area contributed by atoms with Gasteiger partial charge in [0.25, 0.3) is 0 Å². The quantitative estimate of drug-likeness (QED) is 0.841. The number of nitrogens with one attached hydrogen (secondary N) is 1. The second-order valence-corrected chi connectivity index (χ2v) is 4.05. The molecule has 0 saturated carbocycles. The summed E-state index contributed by atoms with van der Waals surface area (Å²) in [4.78, 5) is 17.9. The summed E-state index contributed by atoms with van der Waals surface area (Å²) in [5.74, 6) is 0.774. The van der Waals surface area contributed by atoms with Crippen LogP contribution in [0, 0.1) is 0 Å². The maximum absolute atomic E-state index is 11.4. The Balaban J connectivity index is 2.05. The van der Waals surface area contributed by atoms with Crippen molar-refractivity contribution >= 4 is 17.6 Å². The molecule has 0 radical (unpaired) electrons. The molecule has 2 rings (SSSR count). The lowest BCUT2D eigenvalue weighted by atomic mass is 10.3. The van der Waals surface area contributed by atoms with Crippen LogP contribution >= 0.6 is 0 Å². The van der Waals surface area contributed by atoms with Crippen molar-refractivity contribution < 1.29 is 14.6 Å². The van der Waals surface area contributed by atoms with Crippen molar-refractivity contribution in [2.45, 2.75) is 12.8 Å². The van der Waals surface area contributed by atoms with E-state index in [1.54, 1.807) is 18.3 Å². The first kappa shape index (κ1) is 12.6. The van der Waals surface area contributed by atoms with Gasteiger partial charge in [-0.2, -0.15) is 0 Å². The molecule has 1 amide bonds. The van der Waals surface area contributed by atoms with E-state index in [2.05, 4.69) is 15.2 Å². The normalized spacial score (nSPS) is 14.6. The summed E-state index contributed by atoms with van der Waals surface area (Å²) in [6, 6.07) is 3.56. The zero-order valence-corrected chi connectivity index (χ0v) is 10.1. The zero-order valence-electron chi connectivity index (χ0n) is 10.1. The zero-order chi connectivity index (χ0) is 12.8. The van der Waals surface area contributed by atoms with E-state index in [0.717, 1.165) is 31.7 Å². The average molecular weight is 251 g/mol. The molecule has 6 heteroatoms. The number of hydrogen-bond donors (Lipinski definition) is 2. The molecule has 0 aromatic carbocycles. The molecule has 6 nitrogen and oxygen atoms in total. The molecule has 98 valence electrons. The standard InChI is InChI=1S/C12H17N3O3/c16-8-9-18-12(17)14-10-4-3-5-13-11(10)15-6-1-2-7-15/h3-5,16H,1-2,6-9H2,(H,14,17). The molecular weight excluding hydrogens is 234 g/mol. The van der Waals surface area contributed by atoms with Gasteiger partial charge in [0.2, 0.25) is 0 Å². The first-order valence-electron chi connectivity index (χ1n) is 6.06. The molecule has 1 aromatic heterocycles. The van der Waals surface area contributed by atoms with Gasteiger partial charge in [0, 0.05) is 19.3 Å². The van der Waals surface area contributed by atoms with Crippen LogP contribution in [0.4, 0.5) is 16.3 Å². The number of aromatic nitrogens is 1. The van der Waals surface area contributed by atoms with Crippen molar-refractivity contribution in [3.05, 3.63) is 18.3 Å². The number of hydrogen-bond acceptors (Lipinski definition) is 5. The molecule has 1 fully saturated rings. The molecule has 1 saturated heterocycles. The summed E-state index contributed by atoms with van der Waals surface area (Å²) < 4.78 is 4.77. The average Bonchev–Trinajstić information content (AvgIpc) is 2.91. The number of carbonyl (C=O) groups is 1. The molecule has 0 bridgehead atoms. The fourth-order valence-corrected chi connectivity index (χ4v) is 1.96. The third kappa shape index (κ3) is 3.10. The highest BCUT2D eigenvalue weighted by atomic mass is 16.6. The van der Waals surface area contributed by atoms with Gasteiger partial charge in [-0.3, -0.25) is 5.32 Å². The fraction of sp³-hybridized carbons (Fsp3) is 0.500. The molecular formula is C12H17N3O3. The number of rotatable bonds is 4. The summed E-state index contributed by atoms with van der Waals surface area (Å²) in [5, 5.41) is 11.2. The Hall–Kier alpha value is -1.82. The first-order chi connectivity index (χ1) is 8.81. The van der Waals surface area contributed by atoms with Crippen LogP contribution in [0.3, 0.4) is 0 Å². The topological polar surface area (TPSA) is 74.7 Å². The summed E-state index contributed by atoms with van der Waals surface area (Å²) >= 11 is 0. The Kier molecular flexibility index (Phi) is 4.35. The Labute approximate surface area is 106 Å². The first-order valence-corrected chi connectivity index (χ1v) is 6.06. The van der Waals surface area contributed by atoms with E-state index in [9.17, 15) is 4.79 Å². The van der Waals surface area contributed by atoms with Crippen molar-refractivity contribution in [1.29, 1.82) is 0 Å². The molecule has 1 aliphatic rings. The predicted molar refractivity (Wildman–Crippen MR) is 67.7 cm³/mol. The van der Waals surface area contributed by atoms with Crippen LogP contribution in [0.1, 0.15) is 12.8 Å². The van der Waals surface area contributed by atoms with Gasteiger partial charge in [-0.05, 0) is 25.0 Å². The number of aliphatic hydroxyl groups is 1. The third-order valence-corrected chi connectivity index (χ3v) is 2.75. The molecule has 1 aromatic rings. The minimum Gasteiger partial charge on any atom is -0.447 e. The molecule has 18 heavy (non-hydrogen) atoms. The summed E-state index contributed by atoms with van der Waals surface area (Å²) in [7, 11) is 0. The van der Waals surface area contributed by atoms with Crippen LogP contribution in [0.15, 0.2) is 18.3 Å². The van der Waals surface area contributed by atoms with Crippen molar-refractivity contribution in [3.8, 4) is 0 Å². The molecule has 0 unspecified atom stereocenters. The molecule has 0 aliphatic carbocycles. The smallest absolute Gasteiger partial charge is 0.411 e. The summed E-state index contributed by atoms with van der Waals surface area (Å²) in [6.07, 6.45) is 3.42. The summed E-state index contributed by atoms with van der Waals surface area (Å²) in [5.41, 5.74) is 0.641. The number of anilines is 2. The van der Waals surface area contributed by atoms with Crippen LogP contribution in [0.5, 0.6) is 0 Å². The monoisotopic (exact) mass is 251 g/mol. The van der Waals surface area contributed by atoms with E-state index in [0.29, 0.717) is 5.69 Å². The number of nitrogens with zero attached hydrogens (tertiary/aromatic N) is 2. The van der Waals surface area contributed by atoms with Crippen molar-refractivity contribution in [1.82, 2.24) is 4.98 Å². The number of amides is 1. The van der Waals surface area contributed by atoms with Crippen LogP contribution in [0.25, 0.3) is 0 Å². The number of ether oxygens (including phenoxy) is 1. The van der Waals surface area contributed by atoms with Gasteiger partial charge in [0.05, 0.1) is 12.3 Å². The molecule has 2 N–H and O–H groups in total. The largest absolute Gasteiger partial charge is 0.447 e. The van der Waals surface area contributed by atoms with Gasteiger partial charge < -0.3 is 14.7 Å². The second-order valence-electron chi connectivity index (χ2n) is 4.05. The van der Waals surface area contributed by atoms with Crippen LogP contribution in [0.2, 0.25) is 0 Å². The van der Waals surface area contributed by atoms with Crippen molar-refractivity contribution in [3.63, 3.8) is 0 Å². The van der Waals surface area contributed by atoms with Gasteiger partial charge >= 0.3 is 6.09 Å². The third-order valence-electron chi connectivity index (χ3n) is 2.75. The second kappa shape index (κ2) is 6.20. The van der Waals surface area contributed by atoms with E-state index < -0.39 is 6.09 Å². The van der Waals surface area contributed by atoms with Gasteiger partial charge in [0.15, 0.2) is 5.82 Å². The fourth-order valence-electron chi connectivity index (χ4n) is 1.96. The van der Waals surface area contributed by atoms with Gasteiger partial charge in [-0.25, -0.2) is 9.78 Å². The minimum atomic E-state index is -0.572. The van der Waals surface area contributed by atoms with Gasteiger partial charge in [-0.15, -0.1) is 0 Å². The van der Waals surface area contributed by atoms with E-state index in [1.165, 1.54) is 0 Å². The molecule has 0 atom stereocenters. The Morgan fingerprint density at radius 2 is 2.28 bits per heavy atom. The lowest BCUT2D eigenvalue weighted by Gasteiger charge is -2.19. The Morgan fingerprint density at radius 3 is 3.00 bits per heavy atom. The highest BCUT2D eigenvalue weighted by Gasteiger charge is 2.18. The van der Waals surface area contributed by atoms with E-state index in [1.807, 2.05) is 0 Å². The Morgan fingerprint density at radius 1 is 1.50 bits per heavy atom. The van der Waals surface area contributed by atoms with Crippen molar-refractivity contribution in [2.75, 3.05) is 36.5 Å². The predicted octanol–water partition coefficient (Wildman–Crippen LogP) is 1.22. The SMILES string of the molecule is O=C(Nc1cccnc1N1CCCC1)OCCO. The summed E-state index contributed by atoms with van der Waals surface area (Å²) in [6.45, 7) is 1.72. The van der Waals surface area contributed by atoms with Gasteiger partial charge in [0.1, 0.15) is 6.61 Å². The van der Waals surface area contributed by atoms with Crippen molar-refractivity contribution in [2.24, 2.45) is 0 Å².